The second-order valence-electron chi connectivity index (χ2n) is 10.5. The van der Waals surface area contributed by atoms with Crippen molar-refractivity contribution >= 4 is 34.9 Å². The maximum Gasteiger partial charge on any atom is 0.405 e. The number of β-amino-alcohol motifs (C(OH)–C–C–N with tert-alkyl or cyclic N) is 1. The number of nitrogens with two attached hydrogens (primary N) is 1. The normalized spacial score (nSPS) is 20.6. The highest BCUT2D eigenvalue weighted by molar-refractivity contribution is 7.13. The smallest absolute Gasteiger partial charge is 0.405 e. The Labute approximate surface area is 214 Å². The van der Waals surface area contributed by atoms with Gasteiger partial charge in [0.2, 0.25) is 0 Å². The molecule has 4 rings (SSSR count). The molecule has 2 aliphatic rings. The van der Waals surface area contributed by atoms with Gasteiger partial charge in [-0.3, -0.25) is 20.0 Å². The van der Waals surface area contributed by atoms with Crippen LogP contribution in [0.5, 0.6) is 0 Å². The van der Waals surface area contributed by atoms with E-state index in [2.05, 4.69) is 10.4 Å². The maximum absolute atomic E-state index is 13.4. The van der Waals surface area contributed by atoms with Crippen LogP contribution in [0.3, 0.4) is 0 Å². The summed E-state index contributed by atoms with van der Waals surface area (Å²) in [6, 6.07) is 7.16. The summed E-state index contributed by atoms with van der Waals surface area (Å²) in [5, 5.41) is 12.2. The number of hydrogen-bond donors (Lipinski definition) is 3. The van der Waals surface area contributed by atoms with Gasteiger partial charge in [0.05, 0.1) is 33.9 Å². The highest BCUT2D eigenvalue weighted by Gasteiger charge is 2.46. The monoisotopic (exact) mass is 515 g/mol. The summed E-state index contributed by atoms with van der Waals surface area (Å²) in [5.41, 5.74) is 12.1. The fraction of sp³-hybridized carbons (Fsp3) is 0.520. The molecule has 4 N–H and O–H groups in total. The van der Waals surface area contributed by atoms with Crippen LogP contribution in [0.25, 0.3) is 10.4 Å². The van der Waals surface area contributed by atoms with Crippen LogP contribution in [0.1, 0.15) is 45.7 Å². The number of primary amides is 1. The summed E-state index contributed by atoms with van der Waals surface area (Å²) < 4.78 is 5.12. The molecule has 1 saturated carbocycles. The van der Waals surface area contributed by atoms with Crippen LogP contribution in [0, 0.1) is 12.3 Å². The van der Waals surface area contributed by atoms with Gasteiger partial charge >= 0.3 is 6.09 Å². The number of likely N-dealkylation sites (tertiary alicyclic amines) is 1. The molecule has 194 valence electrons. The van der Waals surface area contributed by atoms with E-state index in [9.17, 15) is 19.5 Å². The van der Waals surface area contributed by atoms with E-state index in [1.54, 1.807) is 32.1 Å². The number of carbonyl (C=O) groups is 3. The van der Waals surface area contributed by atoms with E-state index in [1.165, 1.54) is 4.90 Å². The zero-order valence-electron chi connectivity index (χ0n) is 20.9. The Balaban J connectivity index is 1.52. The first-order valence-corrected chi connectivity index (χ1v) is 12.9. The van der Waals surface area contributed by atoms with Gasteiger partial charge in [0.1, 0.15) is 6.04 Å². The van der Waals surface area contributed by atoms with Gasteiger partial charge in [0, 0.05) is 18.4 Å². The molecular weight excluding hydrogens is 482 g/mol. The van der Waals surface area contributed by atoms with Crippen molar-refractivity contribution in [2.45, 2.75) is 71.2 Å². The molecule has 1 aliphatic heterocycles. The van der Waals surface area contributed by atoms with Crippen molar-refractivity contribution in [1.29, 1.82) is 0 Å². The van der Waals surface area contributed by atoms with Crippen molar-refractivity contribution in [3.8, 4) is 10.4 Å². The maximum atomic E-state index is 13.4. The molecule has 3 atom stereocenters. The van der Waals surface area contributed by atoms with E-state index >= 15 is 0 Å². The van der Waals surface area contributed by atoms with Crippen LogP contribution in [0.4, 0.5) is 10.5 Å². The summed E-state index contributed by atoms with van der Waals surface area (Å²) in [5.74, 6) is -0.957. The Morgan fingerprint density at radius 1 is 1.25 bits per heavy atom. The summed E-state index contributed by atoms with van der Waals surface area (Å²) in [7, 11) is 0. The van der Waals surface area contributed by atoms with Crippen molar-refractivity contribution in [3.63, 3.8) is 0 Å². The van der Waals surface area contributed by atoms with E-state index in [0.717, 1.165) is 34.7 Å². The molecule has 1 aromatic carbocycles. The van der Waals surface area contributed by atoms with Crippen LogP contribution in [0.2, 0.25) is 0 Å². The minimum absolute atomic E-state index is 0.0298. The number of ether oxygens (including phenoxy) is 1. The summed E-state index contributed by atoms with van der Waals surface area (Å²) in [4.78, 5) is 44.9. The quantitative estimate of drug-likeness (QED) is 0.482. The van der Waals surface area contributed by atoms with Crippen LogP contribution < -0.4 is 16.2 Å². The van der Waals surface area contributed by atoms with E-state index in [1.807, 2.05) is 41.7 Å². The second-order valence-corrected chi connectivity index (χ2v) is 11.3. The lowest BCUT2D eigenvalue weighted by Gasteiger charge is -2.34. The second kappa shape index (κ2) is 10.1. The number of nitrogens with zero attached hydrogens (tertiary/aromatic N) is 3. The van der Waals surface area contributed by atoms with E-state index < -0.39 is 41.6 Å². The molecule has 1 aromatic heterocycles. The lowest BCUT2D eigenvalue weighted by atomic mass is 9.88. The third-order valence-corrected chi connectivity index (χ3v) is 7.38. The molecule has 1 unspecified atom stereocenters. The molecule has 0 bridgehead atoms. The Morgan fingerprint density at radius 2 is 1.92 bits per heavy atom. The fourth-order valence-electron chi connectivity index (χ4n) is 4.42. The zero-order chi connectivity index (χ0) is 26.2. The molecular formula is C25H33N5O5S. The van der Waals surface area contributed by atoms with Gasteiger partial charge in [-0.25, -0.2) is 9.78 Å². The first-order valence-electron chi connectivity index (χ1n) is 12.0. The van der Waals surface area contributed by atoms with Gasteiger partial charge in [-0.2, -0.15) is 0 Å². The number of nitrogens with one attached hydrogen (secondary N) is 1. The number of anilines is 1. The number of carbonyl (C=O) groups excluding carboxylic acids is 3. The summed E-state index contributed by atoms with van der Waals surface area (Å²) >= 11 is 1.58. The van der Waals surface area contributed by atoms with Gasteiger partial charge < -0.3 is 20.5 Å². The topological polar surface area (TPSA) is 138 Å². The molecule has 0 radical (unpaired) electrons. The van der Waals surface area contributed by atoms with Crippen molar-refractivity contribution in [3.05, 3.63) is 35.5 Å². The molecule has 3 amide bonds. The predicted octanol–water partition coefficient (Wildman–Crippen LogP) is 2.59. The minimum Gasteiger partial charge on any atom is -0.436 e. The number of hydrazine groups is 1. The summed E-state index contributed by atoms with van der Waals surface area (Å²) in [6.07, 6.45) is -1.16. The number of rotatable bonds is 7. The predicted molar refractivity (Wildman–Crippen MR) is 136 cm³/mol. The van der Waals surface area contributed by atoms with E-state index in [4.69, 9.17) is 10.5 Å². The number of aromatic nitrogens is 1. The van der Waals surface area contributed by atoms with Crippen molar-refractivity contribution in [2.75, 3.05) is 11.6 Å². The van der Waals surface area contributed by atoms with Crippen molar-refractivity contribution in [2.24, 2.45) is 11.1 Å². The molecule has 11 heteroatoms. The number of aliphatic hydroxyl groups excluding tert-OH is 1. The molecule has 2 heterocycles. The standard InChI is InChI=1S/C25H33N5O5S/c1-14-20(36-13-27-14)15-5-7-16(8-6-15)30(17-9-10-17)28-22(32)19-11-18(31)12-29(19)23(33)21(25(2,3)4)35-24(26)34/h5-8,13,17-19,21,31H,9-12H2,1-4H3,(H2,26,34)(H,28,32)/t18-,19+,21?/m1/s1. The third-order valence-electron chi connectivity index (χ3n) is 6.41. The van der Waals surface area contributed by atoms with Crippen LogP contribution in [0.15, 0.2) is 29.8 Å². The number of benzene rings is 1. The highest BCUT2D eigenvalue weighted by Crippen LogP contribution is 2.34. The van der Waals surface area contributed by atoms with Crippen LogP contribution in [-0.4, -0.2) is 63.7 Å². The van der Waals surface area contributed by atoms with Crippen molar-refractivity contribution in [1.82, 2.24) is 15.3 Å². The minimum atomic E-state index is -1.18. The Morgan fingerprint density at radius 3 is 2.44 bits per heavy atom. The molecule has 10 nitrogen and oxygen atoms in total. The Bertz CT molecular complexity index is 1120. The third kappa shape index (κ3) is 5.62. The lowest BCUT2D eigenvalue weighted by molar-refractivity contribution is -0.150. The van der Waals surface area contributed by atoms with Gasteiger partial charge in [-0.05, 0) is 37.5 Å². The first-order chi connectivity index (χ1) is 17.0. The largest absolute Gasteiger partial charge is 0.436 e. The van der Waals surface area contributed by atoms with Gasteiger partial charge in [0.15, 0.2) is 6.10 Å². The summed E-state index contributed by atoms with van der Waals surface area (Å²) in [6.45, 7) is 7.17. The molecule has 2 aromatic rings. The van der Waals surface area contributed by atoms with Crippen molar-refractivity contribution < 1.29 is 24.2 Å². The lowest BCUT2D eigenvalue weighted by Crippen LogP contribution is -2.56. The molecule has 1 aliphatic carbocycles. The number of amides is 3. The average molecular weight is 516 g/mol. The zero-order valence-corrected chi connectivity index (χ0v) is 21.7. The Kier molecular flexibility index (Phi) is 7.24. The highest BCUT2D eigenvalue weighted by atomic mass is 32.1. The first kappa shape index (κ1) is 25.9. The number of hydrogen-bond acceptors (Lipinski definition) is 8. The molecule has 0 spiro atoms. The average Bonchev–Trinajstić information content (AvgIpc) is 3.44. The van der Waals surface area contributed by atoms with E-state index in [-0.39, 0.29) is 19.0 Å². The molecule has 1 saturated heterocycles. The number of thiazole rings is 1. The van der Waals surface area contributed by atoms with Gasteiger partial charge in [0.25, 0.3) is 11.8 Å². The number of aliphatic hydroxyl groups is 1. The van der Waals surface area contributed by atoms with E-state index in [0.29, 0.717) is 0 Å². The number of aryl methyl sites for hydroxylation is 1. The SMILES string of the molecule is Cc1ncsc1-c1ccc(N(NC(=O)[C@@H]2C[C@@H](O)CN2C(=O)C(OC(N)=O)C(C)(C)C)C2CC2)cc1. The Hall–Kier alpha value is -3.18. The molecule has 2 fully saturated rings. The van der Waals surface area contributed by atoms with Gasteiger partial charge in [-0.15, -0.1) is 11.3 Å². The van der Waals surface area contributed by atoms with Gasteiger partial charge in [-0.1, -0.05) is 32.9 Å². The fourth-order valence-corrected chi connectivity index (χ4v) is 5.23. The van der Waals surface area contributed by atoms with Crippen LogP contribution >= 0.6 is 11.3 Å². The molecule has 36 heavy (non-hydrogen) atoms. The van der Waals surface area contributed by atoms with Crippen LogP contribution in [-0.2, 0) is 14.3 Å².